The molecule has 4 nitrogen and oxygen atoms in total. The maximum Gasteiger partial charge on any atom is 0.243 e. The van der Waals surface area contributed by atoms with E-state index in [-0.39, 0.29) is 12.5 Å². The average molecular weight is 354 g/mol. The summed E-state index contributed by atoms with van der Waals surface area (Å²) in [7, 11) is 4.02. The van der Waals surface area contributed by atoms with E-state index in [1.807, 2.05) is 43.3 Å². The van der Waals surface area contributed by atoms with Crippen LogP contribution in [-0.4, -0.2) is 26.5 Å². The second-order valence-corrected chi connectivity index (χ2v) is 7.46. The minimum atomic E-state index is -0.0308. The average Bonchev–Trinajstić information content (AvgIpc) is 2.60. The summed E-state index contributed by atoms with van der Waals surface area (Å²) < 4.78 is 0. The number of benzene rings is 2. The van der Waals surface area contributed by atoms with Gasteiger partial charge in [-0.25, -0.2) is 0 Å². The Morgan fingerprint density at radius 1 is 0.923 bits per heavy atom. The van der Waals surface area contributed by atoms with Gasteiger partial charge in [0.15, 0.2) is 0 Å². The van der Waals surface area contributed by atoms with Crippen molar-refractivity contribution in [2.45, 2.75) is 39.5 Å². The number of carbonyl (C=O) groups is 1. The van der Waals surface area contributed by atoms with Gasteiger partial charge in [-0.1, -0.05) is 45.9 Å². The number of nitrogens with one attached hydrogen (secondary N) is 2. The van der Waals surface area contributed by atoms with Crippen LogP contribution in [0.3, 0.4) is 0 Å². The molecule has 2 aromatic carbocycles. The zero-order chi connectivity index (χ0) is 19.3. The predicted molar refractivity (Wildman–Crippen MR) is 113 cm³/mol. The van der Waals surface area contributed by atoms with Crippen LogP contribution in [0.5, 0.6) is 0 Å². The Bertz CT molecular complexity index is 707. The highest BCUT2D eigenvalue weighted by Crippen LogP contribution is 2.32. The summed E-state index contributed by atoms with van der Waals surface area (Å²) in [6, 6.07) is 14.3. The third-order valence-corrected chi connectivity index (χ3v) is 4.47. The molecule has 0 bridgehead atoms. The van der Waals surface area contributed by atoms with Crippen LogP contribution in [0.1, 0.15) is 50.7 Å². The van der Waals surface area contributed by atoms with Gasteiger partial charge in [-0.15, -0.1) is 0 Å². The standard InChI is InChI=1S/C22H31N3O/c1-15(2)19-8-7-9-20(16(3)4)22(19)24-21(26)14-23-17-10-12-18(13-11-17)25(5)6/h7-13,15-16,23H,14H2,1-6H3,(H,24,26). The van der Waals surface area contributed by atoms with Gasteiger partial charge in [0.1, 0.15) is 0 Å². The summed E-state index contributed by atoms with van der Waals surface area (Å²) in [5.74, 6) is 0.683. The van der Waals surface area contributed by atoms with Crippen LogP contribution in [0.4, 0.5) is 17.1 Å². The minimum absolute atomic E-state index is 0.0308. The van der Waals surface area contributed by atoms with E-state index in [4.69, 9.17) is 0 Å². The first-order valence-electron chi connectivity index (χ1n) is 9.23. The second kappa shape index (κ2) is 8.75. The number of nitrogens with zero attached hydrogens (tertiary/aromatic N) is 1. The third-order valence-electron chi connectivity index (χ3n) is 4.47. The van der Waals surface area contributed by atoms with Gasteiger partial charge >= 0.3 is 0 Å². The van der Waals surface area contributed by atoms with Crippen LogP contribution in [0.15, 0.2) is 42.5 Å². The van der Waals surface area contributed by atoms with Gasteiger partial charge in [-0.05, 0) is 47.2 Å². The highest BCUT2D eigenvalue weighted by molar-refractivity contribution is 5.95. The van der Waals surface area contributed by atoms with Crippen molar-refractivity contribution in [2.75, 3.05) is 36.2 Å². The lowest BCUT2D eigenvalue weighted by Crippen LogP contribution is -2.23. The zero-order valence-electron chi connectivity index (χ0n) is 16.8. The molecular formula is C22H31N3O. The summed E-state index contributed by atoms with van der Waals surface area (Å²) in [6.45, 7) is 8.85. The van der Waals surface area contributed by atoms with E-state index in [1.165, 1.54) is 11.1 Å². The Hall–Kier alpha value is -2.49. The van der Waals surface area contributed by atoms with Gasteiger partial charge in [0.05, 0.1) is 6.54 Å². The fraction of sp³-hybridized carbons (Fsp3) is 0.409. The Kier molecular flexibility index (Phi) is 6.67. The molecule has 0 unspecified atom stereocenters. The lowest BCUT2D eigenvalue weighted by Gasteiger charge is -2.20. The van der Waals surface area contributed by atoms with E-state index in [1.54, 1.807) is 0 Å². The molecule has 0 aromatic heterocycles. The van der Waals surface area contributed by atoms with Gasteiger partial charge in [-0.3, -0.25) is 4.79 Å². The van der Waals surface area contributed by atoms with Crippen LogP contribution in [0.25, 0.3) is 0 Å². The second-order valence-electron chi connectivity index (χ2n) is 7.46. The lowest BCUT2D eigenvalue weighted by molar-refractivity contribution is -0.114. The Balaban J connectivity index is 2.08. The first-order chi connectivity index (χ1) is 12.3. The van der Waals surface area contributed by atoms with Crippen molar-refractivity contribution in [3.63, 3.8) is 0 Å². The fourth-order valence-electron chi connectivity index (χ4n) is 2.94. The normalized spacial score (nSPS) is 10.9. The van der Waals surface area contributed by atoms with Crippen molar-refractivity contribution < 1.29 is 4.79 Å². The quantitative estimate of drug-likeness (QED) is 0.732. The van der Waals surface area contributed by atoms with E-state index < -0.39 is 0 Å². The first-order valence-corrected chi connectivity index (χ1v) is 9.23. The number of hydrogen-bond acceptors (Lipinski definition) is 3. The number of amides is 1. The molecule has 0 saturated heterocycles. The van der Waals surface area contributed by atoms with E-state index in [2.05, 4.69) is 56.5 Å². The summed E-state index contributed by atoms with van der Waals surface area (Å²) in [5.41, 5.74) is 5.39. The fourth-order valence-corrected chi connectivity index (χ4v) is 2.94. The highest BCUT2D eigenvalue weighted by Gasteiger charge is 2.15. The molecule has 0 aliphatic heterocycles. The minimum Gasteiger partial charge on any atom is -0.378 e. The Labute approximate surface area is 157 Å². The van der Waals surface area contributed by atoms with E-state index in [0.717, 1.165) is 17.1 Å². The van der Waals surface area contributed by atoms with Gasteiger partial charge in [0.2, 0.25) is 5.91 Å². The van der Waals surface area contributed by atoms with Gasteiger partial charge in [0.25, 0.3) is 0 Å². The van der Waals surface area contributed by atoms with Crippen molar-refractivity contribution >= 4 is 23.0 Å². The highest BCUT2D eigenvalue weighted by atomic mass is 16.1. The smallest absolute Gasteiger partial charge is 0.243 e. The van der Waals surface area contributed by atoms with Crippen LogP contribution >= 0.6 is 0 Å². The van der Waals surface area contributed by atoms with E-state index in [0.29, 0.717) is 11.8 Å². The molecule has 0 fully saturated rings. The van der Waals surface area contributed by atoms with Crippen molar-refractivity contribution in [1.29, 1.82) is 0 Å². The molecule has 0 heterocycles. The number of anilines is 3. The van der Waals surface area contributed by atoms with Crippen molar-refractivity contribution in [3.05, 3.63) is 53.6 Å². The van der Waals surface area contributed by atoms with Gasteiger partial charge in [0, 0.05) is 31.2 Å². The molecule has 0 aliphatic rings. The SMILES string of the molecule is CC(C)c1cccc(C(C)C)c1NC(=O)CNc1ccc(N(C)C)cc1. The molecule has 140 valence electrons. The molecule has 0 radical (unpaired) electrons. The summed E-state index contributed by atoms with van der Waals surface area (Å²) >= 11 is 0. The number of hydrogen-bond donors (Lipinski definition) is 2. The summed E-state index contributed by atoms with van der Waals surface area (Å²) in [5, 5.41) is 6.33. The van der Waals surface area contributed by atoms with Crippen molar-refractivity contribution in [1.82, 2.24) is 0 Å². The molecule has 26 heavy (non-hydrogen) atoms. The molecular weight excluding hydrogens is 322 g/mol. The number of rotatable bonds is 7. The van der Waals surface area contributed by atoms with Crippen LogP contribution < -0.4 is 15.5 Å². The molecule has 2 N–H and O–H groups in total. The molecule has 2 rings (SSSR count). The molecule has 0 atom stereocenters. The van der Waals surface area contributed by atoms with Gasteiger partial charge < -0.3 is 15.5 Å². The third kappa shape index (κ3) is 5.01. The molecule has 1 amide bonds. The largest absolute Gasteiger partial charge is 0.378 e. The molecule has 0 spiro atoms. The Morgan fingerprint density at radius 3 is 1.92 bits per heavy atom. The first kappa shape index (κ1) is 19.8. The van der Waals surface area contributed by atoms with Gasteiger partial charge in [-0.2, -0.15) is 0 Å². The summed E-state index contributed by atoms with van der Waals surface area (Å²) in [4.78, 5) is 14.6. The summed E-state index contributed by atoms with van der Waals surface area (Å²) in [6.07, 6.45) is 0. The topological polar surface area (TPSA) is 44.4 Å². The number of para-hydroxylation sites is 1. The molecule has 4 heteroatoms. The molecule has 2 aromatic rings. The van der Waals surface area contributed by atoms with Crippen LogP contribution in [0, 0.1) is 0 Å². The van der Waals surface area contributed by atoms with Crippen molar-refractivity contribution in [2.24, 2.45) is 0 Å². The lowest BCUT2D eigenvalue weighted by atomic mass is 9.92. The maximum atomic E-state index is 12.5. The molecule has 0 saturated carbocycles. The van der Waals surface area contributed by atoms with Crippen LogP contribution in [-0.2, 0) is 4.79 Å². The predicted octanol–water partition coefficient (Wildman–Crippen LogP) is 5.05. The molecule has 0 aliphatic carbocycles. The number of carbonyl (C=O) groups excluding carboxylic acids is 1. The Morgan fingerprint density at radius 2 is 1.46 bits per heavy atom. The zero-order valence-corrected chi connectivity index (χ0v) is 16.8. The van der Waals surface area contributed by atoms with E-state index >= 15 is 0 Å². The van der Waals surface area contributed by atoms with Crippen molar-refractivity contribution in [3.8, 4) is 0 Å². The van der Waals surface area contributed by atoms with Crippen LogP contribution in [0.2, 0.25) is 0 Å². The maximum absolute atomic E-state index is 12.5. The van der Waals surface area contributed by atoms with E-state index in [9.17, 15) is 4.79 Å². The monoisotopic (exact) mass is 353 g/mol.